The molecule has 0 bridgehead atoms. The van der Waals surface area contributed by atoms with E-state index in [1.54, 1.807) is 17.7 Å². The van der Waals surface area contributed by atoms with Crippen molar-refractivity contribution < 1.29 is 14.3 Å². The lowest BCUT2D eigenvalue weighted by Crippen LogP contribution is -2.48. The normalized spacial score (nSPS) is 15.5. The molecule has 8 heteroatoms. The number of nitriles is 1. The number of hydrogen-bond donors (Lipinski definition) is 1. The fourth-order valence-electron chi connectivity index (χ4n) is 3.30. The number of esters is 1. The van der Waals surface area contributed by atoms with E-state index < -0.39 is 24.0 Å². The van der Waals surface area contributed by atoms with Crippen LogP contribution in [0.1, 0.15) is 35.1 Å². The van der Waals surface area contributed by atoms with E-state index in [9.17, 15) is 14.9 Å². The van der Waals surface area contributed by atoms with Gasteiger partial charge < -0.3 is 10.1 Å². The van der Waals surface area contributed by atoms with Gasteiger partial charge in [0.25, 0.3) is 5.91 Å². The molecule has 1 aliphatic rings. The zero-order chi connectivity index (χ0) is 20.6. The number of nitrogens with one attached hydrogen (secondary N) is 1. The number of benzene rings is 1. The highest BCUT2D eigenvalue weighted by atomic mass is 32.1. The average Bonchev–Trinajstić information content (AvgIpc) is 3.42. The van der Waals surface area contributed by atoms with Crippen molar-refractivity contribution in [2.24, 2.45) is 5.92 Å². The fraction of sp³-hybridized carbons (Fsp3) is 0.333. The second-order valence-electron chi connectivity index (χ2n) is 7.37. The van der Waals surface area contributed by atoms with Gasteiger partial charge in [-0.2, -0.15) is 10.4 Å². The highest BCUT2D eigenvalue weighted by molar-refractivity contribution is 7.20. The third-order valence-corrected chi connectivity index (χ3v) is 6.20. The molecule has 0 saturated heterocycles. The number of para-hydroxylation sites is 1. The number of fused-ring (bicyclic) bond motifs is 1. The molecule has 0 aliphatic heterocycles. The molecule has 1 N–H and O–H groups in total. The predicted molar refractivity (Wildman–Crippen MR) is 109 cm³/mol. The van der Waals surface area contributed by atoms with Crippen LogP contribution in [-0.4, -0.2) is 33.8 Å². The molecule has 1 fully saturated rings. The maximum absolute atomic E-state index is 12.5. The first kappa shape index (κ1) is 19.2. The van der Waals surface area contributed by atoms with E-state index in [0.717, 1.165) is 34.4 Å². The molecule has 1 amide bonds. The van der Waals surface area contributed by atoms with Crippen LogP contribution in [0.3, 0.4) is 0 Å². The third-order valence-electron chi connectivity index (χ3n) is 5.11. The summed E-state index contributed by atoms with van der Waals surface area (Å²) in [5.74, 6) is -0.869. The Kier molecular flexibility index (Phi) is 4.84. The van der Waals surface area contributed by atoms with Crippen LogP contribution in [0.2, 0.25) is 0 Å². The van der Waals surface area contributed by atoms with Gasteiger partial charge in [0.2, 0.25) is 0 Å². The van der Waals surface area contributed by atoms with Crippen molar-refractivity contribution in [1.29, 1.82) is 5.26 Å². The molecule has 2 aromatic heterocycles. The van der Waals surface area contributed by atoms with Gasteiger partial charge in [-0.1, -0.05) is 18.2 Å². The molecule has 1 aromatic carbocycles. The van der Waals surface area contributed by atoms with Crippen LogP contribution in [-0.2, 0) is 9.53 Å². The van der Waals surface area contributed by atoms with E-state index in [4.69, 9.17) is 4.74 Å². The van der Waals surface area contributed by atoms with E-state index in [0.29, 0.717) is 4.88 Å². The van der Waals surface area contributed by atoms with Crippen molar-refractivity contribution in [3.05, 3.63) is 47.0 Å². The quantitative estimate of drug-likeness (QED) is 0.631. The van der Waals surface area contributed by atoms with E-state index >= 15 is 0 Å². The van der Waals surface area contributed by atoms with Gasteiger partial charge in [0.15, 0.2) is 6.61 Å². The largest absolute Gasteiger partial charge is 0.451 e. The monoisotopic (exact) mass is 408 g/mol. The molecule has 7 nitrogen and oxygen atoms in total. The van der Waals surface area contributed by atoms with Crippen LogP contribution >= 0.6 is 11.3 Å². The van der Waals surface area contributed by atoms with Crippen molar-refractivity contribution in [1.82, 2.24) is 15.1 Å². The number of ether oxygens (including phenoxy) is 1. The molecule has 3 aromatic rings. The zero-order valence-electron chi connectivity index (χ0n) is 16.1. The first-order valence-corrected chi connectivity index (χ1v) is 10.2. The minimum atomic E-state index is -0.905. The summed E-state index contributed by atoms with van der Waals surface area (Å²) in [6, 6.07) is 13.6. The Balaban J connectivity index is 1.47. The summed E-state index contributed by atoms with van der Waals surface area (Å²) in [4.78, 5) is 25.9. The molecule has 1 atom stereocenters. The Morgan fingerprint density at radius 3 is 2.76 bits per heavy atom. The van der Waals surface area contributed by atoms with Gasteiger partial charge in [-0.25, -0.2) is 9.48 Å². The second-order valence-corrected chi connectivity index (χ2v) is 8.41. The lowest BCUT2D eigenvalue weighted by Gasteiger charge is -2.22. The molecular weight excluding hydrogens is 388 g/mol. The highest BCUT2D eigenvalue weighted by Crippen LogP contribution is 2.39. The Bertz CT molecular complexity index is 1120. The number of rotatable bonds is 6. The minimum absolute atomic E-state index is 0.165. The van der Waals surface area contributed by atoms with Crippen LogP contribution in [0.25, 0.3) is 15.9 Å². The Morgan fingerprint density at radius 1 is 1.38 bits per heavy atom. The van der Waals surface area contributed by atoms with Gasteiger partial charge in [-0.15, -0.1) is 11.3 Å². The SMILES string of the molecule is Cc1nn(-c2ccccc2)c2sc(C(=O)OCC(=O)N[C@@](C)(C#N)C3CC3)cc12. The first-order valence-electron chi connectivity index (χ1n) is 9.35. The topological polar surface area (TPSA) is 97.0 Å². The summed E-state index contributed by atoms with van der Waals surface area (Å²) in [5, 5.41) is 17.4. The Labute approximate surface area is 171 Å². The van der Waals surface area contributed by atoms with Gasteiger partial charge in [0.1, 0.15) is 15.2 Å². The molecule has 0 spiro atoms. The van der Waals surface area contributed by atoms with E-state index in [1.807, 2.05) is 37.3 Å². The minimum Gasteiger partial charge on any atom is -0.451 e. The fourth-order valence-corrected chi connectivity index (χ4v) is 4.38. The van der Waals surface area contributed by atoms with Gasteiger partial charge in [0, 0.05) is 5.39 Å². The number of nitrogens with zero attached hydrogens (tertiary/aromatic N) is 3. The van der Waals surface area contributed by atoms with Gasteiger partial charge in [-0.3, -0.25) is 4.79 Å². The number of thiophene rings is 1. The molecule has 1 aliphatic carbocycles. The van der Waals surface area contributed by atoms with Gasteiger partial charge >= 0.3 is 5.97 Å². The van der Waals surface area contributed by atoms with Gasteiger partial charge in [0.05, 0.1) is 17.5 Å². The number of carbonyl (C=O) groups excluding carboxylic acids is 2. The summed E-state index contributed by atoms with van der Waals surface area (Å²) < 4.78 is 6.98. The van der Waals surface area contributed by atoms with E-state index in [-0.39, 0.29) is 5.92 Å². The van der Waals surface area contributed by atoms with Crippen molar-refractivity contribution in [2.75, 3.05) is 6.61 Å². The predicted octanol–water partition coefficient (Wildman–Crippen LogP) is 3.36. The molecule has 148 valence electrons. The number of aryl methyl sites for hydroxylation is 1. The summed E-state index contributed by atoms with van der Waals surface area (Å²) in [6.45, 7) is 3.17. The molecule has 0 unspecified atom stereocenters. The maximum atomic E-state index is 12.5. The lowest BCUT2D eigenvalue weighted by molar-refractivity contribution is -0.125. The van der Waals surface area contributed by atoms with Crippen molar-refractivity contribution in [3.8, 4) is 11.8 Å². The highest BCUT2D eigenvalue weighted by Gasteiger charge is 2.43. The summed E-state index contributed by atoms with van der Waals surface area (Å²) in [5.41, 5.74) is 0.811. The van der Waals surface area contributed by atoms with Crippen LogP contribution in [0, 0.1) is 24.2 Å². The molecule has 2 heterocycles. The number of hydrogen-bond acceptors (Lipinski definition) is 6. The lowest BCUT2D eigenvalue weighted by atomic mass is 9.98. The Hall–Kier alpha value is -3.18. The smallest absolute Gasteiger partial charge is 0.348 e. The average molecular weight is 408 g/mol. The van der Waals surface area contributed by atoms with Gasteiger partial charge in [-0.05, 0) is 50.8 Å². The molecule has 4 rings (SSSR count). The third kappa shape index (κ3) is 3.74. The zero-order valence-corrected chi connectivity index (χ0v) is 17.0. The van der Waals surface area contributed by atoms with Crippen LogP contribution in [0.5, 0.6) is 0 Å². The summed E-state index contributed by atoms with van der Waals surface area (Å²) in [7, 11) is 0. The molecule has 0 radical (unpaired) electrons. The van der Waals surface area contributed by atoms with Crippen molar-refractivity contribution in [3.63, 3.8) is 0 Å². The molecule has 29 heavy (non-hydrogen) atoms. The number of amides is 1. The Morgan fingerprint density at radius 2 is 2.10 bits per heavy atom. The van der Waals surface area contributed by atoms with Crippen LogP contribution in [0.4, 0.5) is 0 Å². The summed E-state index contributed by atoms with van der Waals surface area (Å²) >= 11 is 1.27. The number of carbonyl (C=O) groups is 2. The van der Waals surface area contributed by atoms with Crippen molar-refractivity contribution in [2.45, 2.75) is 32.2 Å². The van der Waals surface area contributed by atoms with Crippen LogP contribution in [0.15, 0.2) is 36.4 Å². The standard InChI is InChI=1S/C21H20N4O3S/c1-13-16-10-17(29-19(16)25(24-13)15-6-4-3-5-7-15)20(27)28-11-18(26)23-21(2,12-22)14-8-9-14/h3-7,10,14H,8-9,11H2,1-2H3,(H,23,26)/t21-/m0/s1. The van der Waals surface area contributed by atoms with Crippen LogP contribution < -0.4 is 5.32 Å². The number of aromatic nitrogens is 2. The van der Waals surface area contributed by atoms with Crippen molar-refractivity contribution >= 4 is 33.4 Å². The second kappa shape index (κ2) is 7.33. The molecular formula is C21H20N4O3S. The first-order chi connectivity index (χ1) is 13.9. The van der Waals surface area contributed by atoms with E-state index in [2.05, 4.69) is 16.5 Å². The molecule has 1 saturated carbocycles. The van der Waals surface area contributed by atoms with E-state index in [1.165, 1.54) is 11.3 Å². The maximum Gasteiger partial charge on any atom is 0.348 e. The summed E-state index contributed by atoms with van der Waals surface area (Å²) in [6.07, 6.45) is 1.84.